The molecule has 33 heavy (non-hydrogen) atoms. The van der Waals surface area contributed by atoms with Gasteiger partial charge in [-0.05, 0) is 6.07 Å². The van der Waals surface area contributed by atoms with Crippen molar-refractivity contribution < 1.29 is 60.6 Å². The summed E-state index contributed by atoms with van der Waals surface area (Å²) in [7, 11) is -17.0. The Hall–Kier alpha value is -1.76. The van der Waals surface area contributed by atoms with E-state index in [2.05, 4.69) is 23.1 Å². The number of halogens is 1. The molecule has 1 fully saturated rings. The van der Waals surface area contributed by atoms with Crippen molar-refractivity contribution in [2.75, 3.05) is 12.3 Å². The summed E-state index contributed by atoms with van der Waals surface area (Å²) in [5, 5.41) is 10.3. The van der Waals surface area contributed by atoms with Crippen molar-refractivity contribution in [1.82, 2.24) is 14.4 Å². The van der Waals surface area contributed by atoms with Gasteiger partial charge in [0.15, 0.2) is 11.8 Å². The monoisotopic (exact) mass is 532 g/mol. The largest absolute Gasteiger partial charge is 0.490 e. The SMILES string of the molecule is C#C[C@]1(COP(=O)(O)OP(=O)(O)OP(=O)(O)O)O[C@@H](c2cc3ncnc(N)n3c2)[C@H](F)[C@@H]1O. The lowest BCUT2D eigenvalue weighted by Crippen LogP contribution is -2.44. The molecular formula is C13H16FN4O12P3. The van der Waals surface area contributed by atoms with Gasteiger partial charge in [-0.15, -0.1) is 6.42 Å². The first-order chi connectivity index (χ1) is 15.1. The molecular weight excluding hydrogens is 516 g/mol. The zero-order chi connectivity index (χ0) is 24.8. The number of nitrogens with zero attached hydrogens (tertiary/aromatic N) is 3. The van der Waals surface area contributed by atoms with Crippen LogP contribution in [-0.4, -0.2) is 63.5 Å². The van der Waals surface area contributed by atoms with Gasteiger partial charge in [-0.25, -0.2) is 28.1 Å². The molecule has 0 bridgehead atoms. The van der Waals surface area contributed by atoms with Gasteiger partial charge in [0.05, 0.1) is 0 Å². The quantitative estimate of drug-likeness (QED) is 0.190. The first-order valence-corrected chi connectivity index (χ1v) is 12.9. The molecule has 2 unspecified atom stereocenters. The highest BCUT2D eigenvalue weighted by atomic mass is 31.3. The number of ether oxygens (including phenoxy) is 1. The van der Waals surface area contributed by atoms with Gasteiger partial charge < -0.3 is 35.2 Å². The van der Waals surface area contributed by atoms with Gasteiger partial charge in [0.1, 0.15) is 30.8 Å². The summed E-state index contributed by atoms with van der Waals surface area (Å²) in [6.07, 6.45) is 1.96. The van der Waals surface area contributed by atoms with Crippen LogP contribution >= 0.6 is 23.5 Å². The molecule has 20 heteroatoms. The van der Waals surface area contributed by atoms with Crippen LogP contribution in [-0.2, 0) is 31.6 Å². The van der Waals surface area contributed by atoms with Crippen molar-refractivity contribution >= 4 is 35.1 Å². The number of nitrogens with two attached hydrogens (primary N) is 1. The average molecular weight is 532 g/mol. The summed E-state index contributed by atoms with van der Waals surface area (Å²) in [4.78, 5) is 43.5. The smallest absolute Gasteiger partial charge is 0.386 e. The normalized spacial score (nSPS) is 29.4. The number of aliphatic hydroxyl groups excluding tert-OH is 1. The van der Waals surface area contributed by atoms with E-state index in [4.69, 9.17) is 26.7 Å². The number of aromatic nitrogens is 3. The fraction of sp³-hybridized carbons (Fsp3) is 0.385. The molecule has 0 radical (unpaired) electrons. The van der Waals surface area contributed by atoms with Gasteiger partial charge in [0.25, 0.3) is 0 Å². The Morgan fingerprint density at radius 1 is 1.24 bits per heavy atom. The minimum Gasteiger partial charge on any atom is -0.386 e. The predicted octanol–water partition coefficient (Wildman–Crippen LogP) is -0.203. The van der Waals surface area contributed by atoms with Crippen molar-refractivity contribution in [3.63, 3.8) is 0 Å². The molecule has 0 saturated carbocycles. The van der Waals surface area contributed by atoms with E-state index in [1.165, 1.54) is 16.7 Å². The molecule has 2 aromatic rings. The lowest BCUT2D eigenvalue weighted by Gasteiger charge is -2.27. The van der Waals surface area contributed by atoms with Gasteiger partial charge in [-0.2, -0.15) is 8.62 Å². The second-order valence-corrected chi connectivity index (χ2v) is 11.0. The van der Waals surface area contributed by atoms with Crippen LogP contribution in [0.5, 0.6) is 0 Å². The van der Waals surface area contributed by atoms with E-state index < -0.39 is 54.1 Å². The minimum atomic E-state index is -5.79. The topological polar surface area (TPSA) is 245 Å². The molecule has 1 saturated heterocycles. The average Bonchev–Trinajstić information content (AvgIpc) is 3.19. The fourth-order valence-electron chi connectivity index (χ4n) is 2.92. The van der Waals surface area contributed by atoms with E-state index in [1.807, 2.05) is 5.92 Å². The Bertz CT molecular complexity index is 1240. The van der Waals surface area contributed by atoms with E-state index >= 15 is 0 Å². The van der Waals surface area contributed by atoms with Crippen LogP contribution in [0.2, 0.25) is 0 Å². The molecule has 2 aromatic heterocycles. The third kappa shape index (κ3) is 5.67. The summed E-state index contributed by atoms with van der Waals surface area (Å²) in [5.41, 5.74) is 3.68. The highest BCUT2D eigenvalue weighted by molar-refractivity contribution is 7.66. The number of hydrogen-bond donors (Lipinski definition) is 6. The van der Waals surface area contributed by atoms with E-state index in [-0.39, 0.29) is 17.2 Å². The maximum atomic E-state index is 14.9. The number of anilines is 1. The van der Waals surface area contributed by atoms with Crippen LogP contribution < -0.4 is 5.73 Å². The molecule has 0 aromatic carbocycles. The maximum Gasteiger partial charge on any atom is 0.490 e. The minimum absolute atomic E-state index is 0.0103. The van der Waals surface area contributed by atoms with Crippen molar-refractivity contribution in [2.24, 2.45) is 0 Å². The molecule has 3 rings (SSSR count). The van der Waals surface area contributed by atoms with Crippen LogP contribution in [0.3, 0.4) is 0 Å². The summed E-state index contributed by atoms with van der Waals surface area (Å²) in [5.74, 6) is 1.91. The molecule has 0 aliphatic carbocycles. The Morgan fingerprint density at radius 3 is 2.48 bits per heavy atom. The van der Waals surface area contributed by atoms with Gasteiger partial charge in [-0.3, -0.25) is 8.92 Å². The maximum absolute atomic E-state index is 14.9. The Labute approximate surface area is 183 Å². The number of hydrogen-bond acceptors (Lipinski definition) is 11. The standard InChI is InChI=1S/C13H16FN4O12P3/c1-2-13(5-27-32(23,24)30-33(25,26)29-31(20,21)22)11(19)9(14)10(28-13)7-3-8-16-6-17-12(15)18(8)4-7/h1,3-4,6,9-11,19H,5H2,(H,23,24)(H,25,26)(H2,15,16,17)(H2,20,21,22)/t9-,10-,11-,13+/m0/s1. The third-order valence-corrected chi connectivity index (χ3v) is 8.07. The van der Waals surface area contributed by atoms with Crippen LogP contribution in [0.15, 0.2) is 18.6 Å². The number of phosphoric acid groups is 3. The van der Waals surface area contributed by atoms with Gasteiger partial charge >= 0.3 is 23.5 Å². The zero-order valence-corrected chi connectivity index (χ0v) is 18.7. The van der Waals surface area contributed by atoms with Crippen molar-refractivity contribution in [3.8, 4) is 12.3 Å². The highest BCUT2D eigenvalue weighted by Crippen LogP contribution is 2.66. The zero-order valence-electron chi connectivity index (χ0n) is 16.0. The summed E-state index contributed by atoms with van der Waals surface area (Å²) in [6.45, 7) is -1.25. The Balaban J connectivity index is 1.79. The molecule has 1 aliphatic rings. The van der Waals surface area contributed by atoms with Gasteiger partial charge in [-0.1, -0.05) is 5.92 Å². The van der Waals surface area contributed by atoms with E-state index in [0.29, 0.717) is 0 Å². The Kier molecular flexibility index (Phi) is 6.89. The number of nitrogen functional groups attached to an aromatic ring is 1. The second kappa shape index (κ2) is 8.79. The highest BCUT2D eigenvalue weighted by Gasteiger charge is 2.56. The predicted molar refractivity (Wildman–Crippen MR) is 104 cm³/mol. The molecule has 0 amide bonds. The van der Waals surface area contributed by atoms with Crippen molar-refractivity contribution in [2.45, 2.75) is 24.0 Å². The molecule has 182 valence electrons. The molecule has 7 N–H and O–H groups in total. The number of alkyl halides is 1. The molecule has 1 aliphatic heterocycles. The van der Waals surface area contributed by atoms with Crippen LogP contribution in [0, 0.1) is 12.3 Å². The number of terminal acetylenes is 1. The summed E-state index contributed by atoms with van der Waals surface area (Å²) >= 11 is 0. The number of fused-ring (bicyclic) bond motifs is 1. The summed E-state index contributed by atoms with van der Waals surface area (Å²) < 4.78 is 67.2. The number of aliphatic hydroxyl groups is 1. The molecule has 0 spiro atoms. The Morgan fingerprint density at radius 2 is 1.91 bits per heavy atom. The lowest BCUT2D eigenvalue weighted by molar-refractivity contribution is -0.0704. The first kappa shape index (κ1) is 25.9. The van der Waals surface area contributed by atoms with E-state index in [9.17, 15) is 33.0 Å². The third-order valence-electron chi connectivity index (χ3n) is 4.28. The van der Waals surface area contributed by atoms with Gasteiger partial charge in [0, 0.05) is 11.8 Å². The van der Waals surface area contributed by atoms with Crippen molar-refractivity contribution in [1.29, 1.82) is 0 Å². The lowest BCUT2D eigenvalue weighted by atomic mass is 9.96. The number of rotatable bonds is 8. The summed E-state index contributed by atoms with van der Waals surface area (Å²) in [6, 6.07) is 1.36. The molecule has 3 heterocycles. The first-order valence-electron chi connectivity index (χ1n) is 8.43. The molecule has 6 atom stereocenters. The van der Waals surface area contributed by atoms with Crippen LogP contribution in [0.4, 0.5) is 10.3 Å². The second-order valence-electron chi connectivity index (χ2n) is 6.56. The van der Waals surface area contributed by atoms with Crippen LogP contribution in [0.25, 0.3) is 5.65 Å². The van der Waals surface area contributed by atoms with E-state index in [1.54, 1.807) is 0 Å². The molecule has 16 nitrogen and oxygen atoms in total. The van der Waals surface area contributed by atoms with E-state index in [0.717, 1.165) is 6.33 Å². The number of phosphoric ester groups is 1. The van der Waals surface area contributed by atoms with Crippen LogP contribution in [0.1, 0.15) is 11.7 Å². The van der Waals surface area contributed by atoms with Crippen molar-refractivity contribution in [3.05, 3.63) is 24.2 Å². The van der Waals surface area contributed by atoms with Gasteiger partial charge in [0.2, 0.25) is 5.95 Å². The fourth-order valence-corrected chi connectivity index (χ4v) is 5.97.